The summed E-state index contributed by atoms with van der Waals surface area (Å²) in [7, 11) is -2.03. The van der Waals surface area contributed by atoms with Gasteiger partial charge in [-0.2, -0.15) is 0 Å². The lowest BCUT2D eigenvalue weighted by molar-refractivity contribution is 0.503. The lowest BCUT2D eigenvalue weighted by Crippen LogP contribution is -2.21. The minimum absolute atomic E-state index is 0.185. The van der Waals surface area contributed by atoms with Crippen LogP contribution in [0, 0.1) is 5.92 Å². The van der Waals surface area contributed by atoms with E-state index in [0.29, 0.717) is 11.3 Å². The minimum Gasteiger partial charge on any atom is -0.370 e. The molecule has 1 aromatic heterocycles. The third-order valence-electron chi connectivity index (χ3n) is 5.70. The molecule has 1 aromatic carbocycles. The summed E-state index contributed by atoms with van der Waals surface area (Å²) in [6.07, 6.45) is 6.35. The average molecular weight is 357 g/mol. The SMILES string of the molecule is CNS(=O)(=O)c1ccc(NCC2CC23CCCc2ccccc23)nc1. The van der Waals surface area contributed by atoms with Crippen LogP contribution in [0.4, 0.5) is 5.82 Å². The van der Waals surface area contributed by atoms with Gasteiger partial charge in [0.2, 0.25) is 10.0 Å². The third kappa shape index (κ3) is 2.93. The van der Waals surface area contributed by atoms with Gasteiger partial charge in [0.25, 0.3) is 0 Å². The molecule has 2 aromatic rings. The summed E-state index contributed by atoms with van der Waals surface area (Å²) >= 11 is 0. The quantitative estimate of drug-likeness (QED) is 0.863. The zero-order valence-corrected chi connectivity index (χ0v) is 15.1. The second-order valence-electron chi connectivity index (χ2n) is 7.04. The van der Waals surface area contributed by atoms with E-state index in [1.54, 1.807) is 12.1 Å². The molecule has 2 unspecified atom stereocenters. The summed E-state index contributed by atoms with van der Waals surface area (Å²) in [5.41, 5.74) is 3.39. The Labute approximate surface area is 148 Å². The number of aryl methyl sites for hydroxylation is 1. The van der Waals surface area contributed by atoms with Crippen molar-refractivity contribution in [2.24, 2.45) is 5.92 Å². The molecule has 25 heavy (non-hydrogen) atoms. The van der Waals surface area contributed by atoms with E-state index in [0.717, 1.165) is 12.4 Å². The van der Waals surface area contributed by atoms with Crippen LogP contribution in [0.1, 0.15) is 30.4 Å². The molecule has 4 rings (SSSR count). The van der Waals surface area contributed by atoms with Gasteiger partial charge >= 0.3 is 0 Å². The van der Waals surface area contributed by atoms with Crippen LogP contribution in [0.25, 0.3) is 0 Å². The molecule has 0 bridgehead atoms. The first kappa shape index (κ1) is 16.5. The molecule has 0 radical (unpaired) electrons. The zero-order chi connectivity index (χ0) is 17.5. The molecule has 132 valence electrons. The Kier molecular flexibility index (Phi) is 4.04. The number of benzene rings is 1. The molecule has 1 spiro atoms. The maximum absolute atomic E-state index is 11.7. The number of anilines is 1. The Bertz CT molecular complexity index is 880. The largest absolute Gasteiger partial charge is 0.370 e. The summed E-state index contributed by atoms with van der Waals surface area (Å²) in [4.78, 5) is 4.43. The molecule has 2 aliphatic carbocycles. The number of nitrogens with one attached hydrogen (secondary N) is 2. The fourth-order valence-electron chi connectivity index (χ4n) is 4.23. The predicted octanol–water partition coefficient (Wildman–Crippen LogP) is 2.70. The number of aromatic nitrogens is 1. The van der Waals surface area contributed by atoms with Gasteiger partial charge in [-0.05, 0) is 61.9 Å². The average Bonchev–Trinajstić information content (AvgIpc) is 3.34. The van der Waals surface area contributed by atoms with Crippen molar-refractivity contribution < 1.29 is 8.42 Å². The normalized spacial score (nSPS) is 24.8. The molecular weight excluding hydrogens is 334 g/mol. The molecule has 1 heterocycles. The number of nitrogens with zero attached hydrogens (tertiary/aromatic N) is 1. The van der Waals surface area contributed by atoms with Crippen LogP contribution >= 0.6 is 0 Å². The number of hydrogen-bond donors (Lipinski definition) is 2. The van der Waals surface area contributed by atoms with Crippen LogP contribution in [-0.2, 0) is 21.9 Å². The summed E-state index contributed by atoms with van der Waals surface area (Å²) in [5.74, 6) is 1.35. The summed E-state index contributed by atoms with van der Waals surface area (Å²) in [6, 6.07) is 12.2. The van der Waals surface area contributed by atoms with Crippen LogP contribution < -0.4 is 10.0 Å². The van der Waals surface area contributed by atoms with Gasteiger partial charge in [0.15, 0.2) is 0 Å². The number of hydrogen-bond acceptors (Lipinski definition) is 4. The second kappa shape index (κ2) is 6.11. The van der Waals surface area contributed by atoms with Gasteiger partial charge in [-0.1, -0.05) is 24.3 Å². The topological polar surface area (TPSA) is 71.1 Å². The molecule has 0 aliphatic heterocycles. The number of pyridine rings is 1. The summed E-state index contributed by atoms with van der Waals surface area (Å²) in [6.45, 7) is 0.874. The highest BCUT2D eigenvalue weighted by molar-refractivity contribution is 7.89. The van der Waals surface area contributed by atoms with Crippen LogP contribution in [0.5, 0.6) is 0 Å². The first-order valence-electron chi connectivity index (χ1n) is 8.77. The molecule has 5 nitrogen and oxygen atoms in total. The predicted molar refractivity (Wildman–Crippen MR) is 98.1 cm³/mol. The maximum Gasteiger partial charge on any atom is 0.241 e. The van der Waals surface area contributed by atoms with Crippen LogP contribution in [-0.4, -0.2) is 27.0 Å². The Morgan fingerprint density at radius 1 is 1.24 bits per heavy atom. The fourth-order valence-corrected chi connectivity index (χ4v) is 4.90. The Hall–Kier alpha value is -1.92. The molecule has 6 heteroatoms. The van der Waals surface area contributed by atoms with E-state index in [1.807, 2.05) is 0 Å². The Morgan fingerprint density at radius 2 is 2.08 bits per heavy atom. The van der Waals surface area contributed by atoms with E-state index >= 15 is 0 Å². The van der Waals surface area contributed by atoms with Crippen molar-refractivity contribution in [3.8, 4) is 0 Å². The third-order valence-corrected chi connectivity index (χ3v) is 7.10. The fraction of sp³-hybridized carbons (Fsp3) is 0.421. The van der Waals surface area contributed by atoms with Gasteiger partial charge in [0, 0.05) is 18.2 Å². The Balaban J connectivity index is 1.43. The first-order chi connectivity index (χ1) is 12.0. The zero-order valence-electron chi connectivity index (χ0n) is 14.3. The second-order valence-corrected chi connectivity index (χ2v) is 8.92. The molecule has 1 fully saturated rings. The van der Waals surface area contributed by atoms with E-state index in [2.05, 4.69) is 39.3 Å². The lowest BCUT2D eigenvalue weighted by atomic mass is 9.78. The summed E-state index contributed by atoms with van der Waals surface area (Å²) in [5, 5.41) is 3.38. The van der Waals surface area contributed by atoms with Gasteiger partial charge in [-0.25, -0.2) is 18.1 Å². The van der Waals surface area contributed by atoms with Gasteiger partial charge in [-0.15, -0.1) is 0 Å². The van der Waals surface area contributed by atoms with E-state index in [4.69, 9.17) is 0 Å². The molecule has 2 atom stereocenters. The van der Waals surface area contributed by atoms with Gasteiger partial charge < -0.3 is 5.32 Å². The van der Waals surface area contributed by atoms with Crippen molar-refractivity contribution in [1.82, 2.24) is 9.71 Å². The molecule has 2 aliphatic rings. The Morgan fingerprint density at radius 3 is 2.84 bits per heavy atom. The standard InChI is InChI=1S/C19H23N3O2S/c1-20-25(23,24)16-8-9-18(22-13-16)21-12-15-11-19(15)10-4-6-14-5-2-3-7-17(14)19/h2-3,5,7-9,13,15,20H,4,6,10-12H2,1H3,(H,21,22). The van der Waals surface area contributed by atoms with E-state index in [1.165, 1.54) is 50.1 Å². The van der Waals surface area contributed by atoms with E-state index in [9.17, 15) is 8.42 Å². The molecule has 0 saturated heterocycles. The highest BCUT2D eigenvalue weighted by atomic mass is 32.2. The highest BCUT2D eigenvalue weighted by Crippen LogP contribution is 2.60. The molecule has 1 saturated carbocycles. The van der Waals surface area contributed by atoms with Crippen molar-refractivity contribution in [2.45, 2.75) is 36.0 Å². The van der Waals surface area contributed by atoms with Crippen LogP contribution in [0.15, 0.2) is 47.5 Å². The maximum atomic E-state index is 11.7. The lowest BCUT2D eigenvalue weighted by Gasteiger charge is -2.26. The molecule has 2 N–H and O–H groups in total. The highest BCUT2D eigenvalue weighted by Gasteiger charge is 2.55. The van der Waals surface area contributed by atoms with E-state index < -0.39 is 10.0 Å². The van der Waals surface area contributed by atoms with Gasteiger partial charge in [0.05, 0.1) is 0 Å². The molecular formula is C19H23N3O2S. The van der Waals surface area contributed by atoms with Crippen LogP contribution in [0.2, 0.25) is 0 Å². The van der Waals surface area contributed by atoms with Crippen molar-refractivity contribution >= 4 is 15.8 Å². The van der Waals surface area contributed by atoms with Crippen molar-refractivity contribution in [1.29, 1.82) is 0 Å². The minimum atomic E-state index is -3.43. The number of fused-ring (bicyclic) bond motifs is 2. The molecule has 0 amide bonds. The summed E-state index contributed by atoms with van der Waals surface area (Å²) < 4.78 is 25.8. The van der Waals surface area contributed by atoms with Crippen molar-refractivity contribution in [3.63, 3.8) is 0 Å². The smallest absolute Gasteiger partial charge is 0.241 e. The van der Waals surface area contributed by atoms with E-state index in [-0.39, 0.29) is 4.90 Å². The monoisotopic (exact) mass is 357 g/mol. The van der Waals surface area contributed by atoms with Gasteiger partial charge in [0.1, 0.15) is 10.7 Å². The van der Waals surface area contributed by atoms with Gasteiger partial charge in [-0.3, -0.25) is 0 Å². The van der Waals surface area contributed by atoms with Crippen molar-refractivity contribution in [2.75, 3.05) is 18.9 Å². The van der Waals surface area contributed by atoms with Crippen LogP contribution in [0.3, 0.4) is 0 Å². The first-order valence-corrected chi connectivity index (χ1v) is 10.3. The number of sulfonamides is 1. The van der Waals surface area contributed by atoms with Crippen molar-refractivity contribution in [3.05, 3.63) is 53.7 Å². The number of rotatable bonds is 5.